The lowest BCUT2D eigenvalue weighted by atomic mass is 9.67. The minimum Gasteiger partial charge on any atom is -0.309 e. The molecular formula is C79H51N3. The minimum atomic E-state index is -0.621. The Labute approximate surface area is 477 Å². The van der Waals surface area contributed by atoms with Gasteiger partial charge in [-0.25, -0.2) is 4.52 Å². The van der Waals surface area contributed by atoms with Gasteiger partial charge in [-0.15, -0.1) is 0 Å². The van der Waals surface area contributed by atoms with Crippen molar-refractivity contribution in [2.75, 3.05) is 4.90 Å². The zero-order chi connectivity index (χ0) is 53.9. The van der Waals surface area contributed by atoms with Gasteiger partial charge < -0.3 is 4.90 Å². The molecule has 3 heteroatoms. The van der Waals surface area contributed by atoms with E-state index >= 15 is 0 Å². The highest BCUT2D eigenvalue weighted by atomic mass is 15.2. The van der Waals surface area contributed by atoms with E-state index in [4.69, 9.17) is 5.10 Å². The van der Waals surface area contributed by atoms with E-state index in [-0.39, 0.29) is 0 Å². The summed E-state index contributed by atoms with van der Waals surface area (Å²) in [5.74, 6) is 0. The largest absolute Gasteiger partial charge is 0.309 e. The molecule has 0 saturated heterocycles. The van der Waals surface area contributed by atoms with Crippen molar-refractivity contribution in [1.82, 2.24) is 9.61 Å². The second-order valence-electron chi connectivity index (χ2n) is 22.0. The van der Waals surface area contributed by atoms with Gasteiger partial charge in [-0.2, -0.15) is 5.10 Å². The van der Waals surface area contributed by atoms with E-state index < -0.39 is 10.8 Å². The lowest BCUT2D eigenvalue weighted by Crippen LogP contribution is -2.28. The SMILES string of the molecule is c1ccc(-c2nn3c(-c4ccccc4)cc4c(N(c5ccc6c(c5)C(c5ccccc5)(c5ccccc5)c5ccccc5-6)c5cccc6c5-c5ccccc5C65c6ccccc6-c6ccccc65)cccc4c3c2-c2ccccc2)cc1. The summed E-state index contributed by atoms with van der Waals surface area (Å²) in [6.07, 6.45) is 0. The van der Waals surface area contributed by atoms with Crippen LogP contribution >= 0.6 is 0 Å². The Hall–Kier alpha value is -10.6. The molecule has 17 rings (SSSR count). The first-order valence-electron chi connectivity index (χ1n) is 28.5. The monoisotopic (exact) mass is 1040 g/mol. The molecule has 382 valence electrons. The van der Waals surface area contributed by atoms with Gasteiger partial charge in [-0.05, 0) is 108 Å². The Kier molecular flexibility index (Phi) is 10.1. The molecule has 0 atom stereocenters. The maximum Gasteiger partial charge on any atom is 0.101 e. The average molecular weight is 1040 g/mol. The first kappa shape index (κ1) is 46.3. The molecule has 14 aromatic rings. The number of fused-ring (bicyclic) bond motifs is 16. The fourth-order valence-electron chi connectivity index (χ4n) is 14.9. The summed E-state index contributed by atoms with van der Waals surface area (Å²) in [4.78, 5) is 2.61. The van der Waals surface area contributed by atoms with Crippen molar-refractivity contribution in [2.45, 2.75) is 10.8 Å². The fourth-order valence-corrected chi connectivity index (χ4v) is 14.9. The number of pyridine rings is 1. The summed E-state index contributed by atoms with van der Waals surface area (Å²) in [5, 5.41) is 7.88. The van der Waals surface area contributed by atoms with Crippen LogP contribution in [0.5, 0.6) is 0 Å². The van der Waals surface area contributed by atoms with E-state index in [9.17, 15) is 0 Å². The Bertz CT molecular complexity index is 4770. The molecule has 0 unspecified atom stereocenters. The van der Waals surface area contributed by atoms with Crippen molar-refractivity contribution >= 4 is 33.4 Å². The van der Waals surface area contributed by atoms with Gasteiger partial charge in [0, 0.05) is 38.7 Å². The first-order valence-corrected chi connectivity index (χ1v) is 28.5. The summed E-state index contributed by atoms with van der Waals surface area (Å²) < 4.78 is 2.21. The van der Waals surface area contributed by atoms with Gasteiger partial charge in [0.05, 0.1) is 33.4 Å². The van der Waals surface area contributed by atoms with Gasteiger partial charge in [0.25, 0.3) is 0 Å². The van der Waals surface area contributed by atoms with Gasteiger partial charge in [-0.3, -0.25) is 0 Å². The number of hydrogen-bond acceptors (Lipinski definition) is 2. The third-order valence-corrected chi connectivity index (χ3v) is 18.1. The van der Waals surface area contributed by atoms with E-state index in [0.29, 0.717) is 0 Å². The lowest BCUT2D eigenvalue weighted by Gasteiger charge is -2.35. The molecule has 0 bridgehead atoms. The van der Waals surface area contributed by atoms with Crippen molar-refractivity contribution in [3.05, 3.63) is 354 Å². The standard InChI is InChI=1S/C79H51N3/c1-6-26-52(27-7-1)73-51-64-62(77-74(53-28-8-2-9-29-53)76(80-82(73)77)54-30-10-3-11-31-54)40-24-46-71(64)81(57-48-49-61-60-38-16-20-41-65(60)78(70(61)50-57,55-32-12-4-13-33-55)56-34-14-5-15-35-56)72-47-25-45-69-75(72)63-39-19-23-44-68(63)79(69)66-42-21-17-36-58(66)59-37-18-22-43-67(59)79/h1-51H. The number of anilines is 3. The second-order valence-corrected chi connectivity index (χ2v) is 22.0. The average Bonchev–Trinajstić information content (AvgIpc) is 2.01. The Morgan fingerprint density at radius 1 is 0.293 bits per heavy atom. The minimum absolute atomic E-state index is 0.544. The molecule has 2 heterocycles. The summed E-state index contributed by atoms with van der Waals surface area (Å²) in [6.45, 7) is 0. The third-order valence-electron chi connectivity index (χ3n) is 18.1. The van der Waals surface area contributed by atoms with Gasteiger partial charge in [0.15, 0.2) is 0 Å². The van der Waals surface area contributed by atoms with Crippen molar-refractivity contribution in [1.29, 1.82) is 0 Å². The lowest BCUT2D eigenvalue weighted by molar-refractivity contribution is 0.768. The zero-order valence-electron chi connectivity index (χ0n) is 44.8. The van der Waals surface area contributed by atoms with E-state index in [1.807, 2.05) is 0 Å². The quantitative estimate of drug-likeness (QED) is 0.151. The molecule has 0 amide bonds. The molecule has 0 saturated carbocycles. The van der Waals surface area contributed by atoms with Gasteiger partial charge in [-0.1, -0.05) is 279 Å². The number of aromatic nitrogens is 2. The van der Waals surface area contributed by atoms with Gasteiger partial charge >= 0.3 is 0 Å². The van der Waals surface area contributed by atoms with Crippen LogP contribution in [0.25, 0.3) is 83.3 Å². The number of rotatable bonds is 8. The molecule has 3 aliphatic rings. The fraction of sp³-hybridized carbons (Fsp3) is 0.0253. The molecule has 12 aromatic carbocycles. The zero-order valence-corrected chi connectivity index (χ0v) is 44.8. The van der Waals surface area contributed by atoms with E-state index in [1.165, 1.54) is 77.9 Å². The number of hydrogen-bond donors (Lipinski definition) is 0. The van der Waals surface area contributed by atoms with Gasteiger partial charge in [0.2, 0.25) is 0 Å². The van der Waals surface area contributed by atoms with Crippen LogP contribution in [0.1, 0.15) is 44.5 Å². The van der Waals surface area contributed by atoms with E-state index in [2.05, 4.69) is 319 Å². The molecule has 0 aliphatic heterocycles. The summed E-state index contributed by atoms with van der Waals surface area (Å²) in [6, 6.07) is 115. The maximum absolute atomic E-state index is 5.66. The van der Waals surface area contributed by atoms with Crippen molar-refractivity contribution in [2.24, 2.45) is 0 Å². The molecule has 0 N–H and O–H groups in total. The summed E-state index contributed by atoms with van der Waals surface area (Å²) in [5.41, 5.74) is 27.2. The molecule has 0 radical (unpaired) electrons. The summed E-state index contributed by atoms with van der Waals surface area (Å²) in [7, 11) is 0. The smallest absolute Gasteiger partial charge is 0.101 e. The van der Waals surface area contributed by atoms with Crippen LogP contribution in [-0.2, 0) is 10.8 Å². The first-order chi connectivity index (χ1) is 40.7. The van der Waals surface area contributed by atoms with Crippen molar-refractivity contribution in [3.8, 4) is 67.0 Å². The highest BCUT2D eigenvalue weighted by Gasteiger charge is 2.53. The predicted octanol–water partition coefficient (Wildman–Crippen LogP) is 19.7. The van der Waals surface area contributed by atoms with E-state index in [0.717, 1.165) is 67.0 Å². The third kappa shape index (κ3) is 6.33. The Balaban J connectivity index is 1.02. The van der Waals surface area contributed by atoms with Crippen LogP contribution in [0, 0.1) is 0 Å². The van der Waals surface area contributed by atoms with Crippen LogP contribution in [0.4, 0.5) is 17.1 Å². The van der Waals surface area contributed by atoms with Crippen LogP contribution in [0.2, 0.25) is 0 Å². The molecule has 1 spiro atoms. The Morgan fingerprint density at radius 3 is 1.34 bits per heavy atom. The highest BCUT2D eigenvalue weighted by Crippen LogP contribution is 2.65. The number of benzene rings is 12. The molecule has 82 heavy (non-hydrogen) atoms. The predicted molar refractivity (Wildman–Crippen MR) is 337 cm³/mol. The molecule has 2 aromatic heterocycles. The topological polar surface area (TPSA) is 20.5 Å². The molecule has 0 fully saturated rings. The van der Waals surface area contributed by atoms with Crippen LogP contribution in [0.3, 0.4) is 0 Å². The van der Waals surface area contributed by atoms with Gasteiger partial charge in [0.1, 0.15) is 5.69 Å². The molecular weight excluding hydrogens is 991 g/mol. The van der Waals surface area contributed by atoms with Crippen LogP contribution in [-0.4, -0.2) is 9.61 Å². The Morgan fingerprint density at radius 2 is 0.744 bits per heavy atom. The second kappa shape index (κ2) is 18.0. The number of nitrogens with zero attached hydrogens (tertiary/aromatic N) is 3. The maximum atomic E-state index is 5.66. The van der Waals surface area contributed by atoms with E-state index in [1.54, 1.807) is 0 Å². The summed E-state index contributed by atoms with van der Waals surface area (Å²) >= 11 is 0. The highest BCUT2D eigenvalue weighted by molar-refractivity contribution is 6.14. The van der Waals surface area contributed by atoms with Crippen molar-refractivity contribution in [3.63, 3.8) is 0 Å². The normalized spacial score (nSPS) is 13.6. The van der Waals surface area contributed by atoms with Crippen LogP contribution < -0.4 is 4.90 Å². The molecule has 3 aliphatic carbocycles. The van der Waals surface area contributed by atoms with Crippen molar-refractivity contribution < 1.29 is 0 Å². The molecule has 3 nitrogen and oxygen atoms in total. The van der Waals surface area contributed by atoms with Crippen LogP contribution in [0.15, 0.2) is 309 Å².